The van der Waals surface area contributed by atoms with Gasteiger partial charge in [0, 0.05) is 25.2 Å². The number of nitrogens with zero attached hydrogens (tertiary/aromatic N) is 2. The van der Waals surface area contributed by atoms with Crippen molar-refractivity contribution in [1.29, 1.82) is 0 Å². The first-order valence-corrected chi connectivity index (χ1v) is 8.41. The fourth-order valence-corrected chi connectivity index (χ4v) is 3.91. The predicted octanol–water partition coefficient (Wildman–Crippen LogP) is 1.11. The van der Waals surface area contributed by atoms with Crippen LogP contribution >= 0.6 is 0 Å². The summed E-state index contributed by atoms with van der Waals surface area (Å²) < 4.78 is 26.2. The maximum atomic E-state index is 12.4. The van der Waals surface area contributed by atoms with Crippen LogP contribution < -0.4 is 5.32 Å². The topological polar surface area (TPSA) is 92.6 Å². The first kappa shape index (κ1) is 15.9. The first-order chi connectivity index (χ1) is 9.90. The fraction of sp³-hybridized carbons (Fsp3) is 0.538. The van der Waals surface area contributed by atoms with Crippen molar-refractivity contribution in [2.75, 3.05) is 20.1 Å². The molecule has 0 radical (unpaired) electrons. The molecule has 1 N–H and O–H groups in total. The summed E-state index contributed by atoms with van der Waals surface area (Å²) in [5.41, 5.74) is 0.518. The van der Waals surface area contributed by atoms with Gasteiger partial charge in [-0.05, 0) is 31.5 Å². The summed E-state index contributed by atoms with van der Waals surface area (Å²) in [6.45, 7) is 1.64. The standard InChI is InChI=1S/C13H19N3O4S/c1-15(12-6-8-14-9-7-12)21(19,20)10-11-2-4-13(5-3-11)16(17)18/h2-5,12,14H,6-10H2,1H3. The molecule has 0 saturated carbocycles. The number of benzene rings is 1. The first-order valence-electron chi connectivity index (χ1n) is 6.80. The van der Waals surface area contributed by atoms with E-state index in [9.17, 15) is 18.5 Å². The molecule has 1 heterocycles. The molecule has 0 unspecified atom stereocenters. The molecule has 116 valence electrons. The Bertz CT molecular complexity index is 594. The van der Waals surface area contributed by atoms with E-state index < -0.39 is 14.9 Å². The van der Waals surface area contributed by atoms with Crippen molar-refractivity contribution in [3.05, 3.63) is 39.9 Å². The molecular formula is C13H19N3O4S. The third-order valence-electron chi connectivity index (χ3n) is 3.76. The molecule has 1 aromatic carbocycles. The molecular weight excluding hydrogens is 294 g/mol. The van der Waals surface area contributed by atoms with Gasteiger partial charge in [-0.3, -0.25) is 10.1 Å². The number of non-ortho nitro benzene ring substituents is 1. The SMILES string of the molecule is CN(C1CCNCC1)S(=O)(=O)Cc1ccc([N+](=O)[O-])cc1. The lowest BCUT2D eigenvalue weighted by molar-refractivity contribution is -0.384. The summed E-state index contributed by atoms with van der Waals surface area (Å²) >= 11 is 0. The van der Waals surface area contributed by atoms with Crippen molar-refractivity contribution in [2.24, 2.45) is 0 Å². The zero-order chi connectivity index (χ0) is 15.5. The van der Waals surface area contributed by atoms with Gasteiger partial charge in [0.1, 0.15) is 0 Å². The van der Waals surface area contributed by atoms with E-state index in [0.29, 0.717) is 5.56 Å². The summed E-state index contributed by atoms with van der Waals surface area (Å²) in [6.07, 6.45) is 1.60. The number of sulfonamides is 1. The summed E-state index contributed by atoms with van der Waals surface area (Å²) in [4.78, 5) is 10.1. The molecule has 0 aliphatic carbocycles. The minimum Gasteiger partial charge on any atom is -0.317 e. The molecule has 1 saturated heterocycles. The zero-order valence-corrected chi connectivity index (χ0v) is 12.7. The van der Waals surface area contributed by atoms with E-state index in [4.69, 9.17) is 0 Å². The quantitative estimate of drug-likeness (QED) is 0.649. The zero-order valence-electron chi connectivity index (χ0n) is 11.9. The van der Waals surface area contributed by atoms with Crippen molar-refractivity contribution in [1.82, 2.24) is 9.62 Å². The van der Waals surface area contributed by atoms with Gasteiger partial charge in [-0.15, -0.1) is 0 Å². The summed E-state index contributed by atoms with van der Waals surface area (Å²) in [6, 6.07) is 5.66. The third-order valence-corrected chi connectivity index (χ3v) is 5.63. The van der Waals surface area contributed by atoms with Crippen LogP contribution in [0.25, 0.3) is 0 Å². The van der Waals surface area contributed by atoms with E-state index in [2.05, 4.69) is 5.32 Å². The normalized spacial score (nSPS) is 17.0. The van der Waals surface area contributed by atoms with Gasteiger partial charge in [0.05, 0.1) is 10.7 Å². The molecule has 1 aliphatic rings. The Morgan fingerprint density at radius 1 is 1.29 bits per heavy atom. The largest absolute Gasteiger partial charge is 0.317 e. The second kappa shape index (κ2) is 6.50. The van der Waals surface area contributed by atoms with Gasteiger partial charge in [0.15, 0.2) is 0 Å². The maximum absolute atomic E-state index is 12.4. The van der Waals surface area contributed by atoms with E-state index in [1.54, 1.807) is 7.05 Å². The molecule has 0 aromatic heterocycles. The van der Waals surface area contributed by atoms with Gasteiger partial charge < -0.3 is 5.32 Å². The van der Waals surface area contributed by atoms with Gasteiger partial charge in [-0.2, -0.15) is 0 Å². The number of hydrogen-bond donors (Lipinski definition) is 1. The summed E-state index contributed by atoms with van der Waals surface area (Å²) in [5, 5.41) is 13.8. The Hall–Kier alpha value is -1.51. The number of nitrogens with one attached hydrogen (secondary N) is 1. The average Bonchev–Trinajstić information content (AvgIpc) is 2.47. The molecule has 2 rings (SSSR count). The lowest BCUT2D eigenvalue weighted by Crippen LogP contribution is -2.44. The smallest absolute Gasteiger partial charge is 0.269 e. The van der Waals surface area contributed by atoms with Crippen LogP contribution in [0.1, 0.15) is 18.4 Å². The van der Waals surface area contributed by atoms with E-state index in [0.717, 1.165) is 25.9 Å². The molecule has 7 nitrogen and oxygen atoms in total. The van der Waals surface area contributed by atoms with Gasteiger partial charge in [0.25, 0.3) is 5.69 Å². The molecule has 8 heteroatoms. The molecule has 0 atom stereocenters. The molecule has 1 fully saturated rings. The van der Waals surface area contributed by atoms with Gasteiger partial charge in [-0.25, -0.2) is 12.7 Å². The lowest BCUT2D eigenvalue weighted by atomic mass is 10.1. The Morgan fingerprint density at radius 2 is 1.86 bits per heavy atom. The number of hydrogen-bond acceptors (Lipinski definition) is 5. The van der Waals surface area contributed by atoms with E-state index in [-0.39, 0.29) is 17.5 Å². The van der Waals surface area contributed by atoms with E-state index >= 15 is 0 Å². The van der Waals surface area contributed by atoms with Crippen LogP contribution in [0.15, 0.2) is 24.3 Å². The highest BCUT2D eigenvalue weighted by atomic mass is 32.2. The predicted molar refractivity (Wildman–Crippen MR) is 79.4 cm³/mol. The van der Waals surface area contributed by atoms with Crippen LogP contribution in [0.5, 0.6) is 0 Å². The molecule has 0 spiro atoms. The number of rotatable bonds is 5. The Balaban J connectivity index is 2.07. The van der Waals surface area contributed by atoms with Crippen LogP contribution in [0.2, 0.25) is 0 Å². The van der Waals surface area contributed by atoms with Crippen LogP contribution in [0.3, 0.4) is 0 Å². The minimum absolute atomic E-state index is 0.0225. The monoisotopic (exact) mass is 313 g/mol. The highest BCUT2D eigenvalue weighted by Crippen LogP contribution is 2.19. The number of piperidine rings is 1. The minimum atomic E-state index is -3.41. The van der Waals surface area contributed by atoms with Crippen LogP contribution in [-0.4, -0.2) is 43.8 Å². The number of nitro benzene ring substituents is 1. The molecule has 21 heavy (non-hydrogen) atoms. The van der Waals surface area contributed by atoms with Gasteiger partial charge >= 0.3 is 0 Å². The summed E-state index contributed by atoms with van der Waals surface area (Å²) in [5.74, 6) is -0.134. The van der Waals surface area contributed by atoms with Crippen molar-refractivity contribution in [3.63, 3.8) is 0 Å². The second-order valence-electron chi connectivity index (χ2n) is 5.18. The van der Waals surface area contributed by atoms with Crippen molar-refractivity contribution >= 4 is 15.7 Å². The highest BCUT2D eigenvalue weighted by molar-refractivity contribution is 7.88. The molecule has 1 aromatic rings. The van der Waals surface area contributed by atoms with Crippen LogP contribution in [0, 0.1) is 10.1 Å². The average molecular weight is 313 g/mol. The highest BCUT2D eigenvalue weighted by Gasteiger charge is 2.27. The maximum Gasteiger partial charge on any atom is 0.269 e. The van der Waals surface area contributed by atoms with Gasteiger partial charge in [0.2, 0.25) is 10.0 Å². The van der Waals surface area contributed by atoms with Crippen LogP contribution in [0.4, 0.5) is 5.69 Å². The number of nitro groups is 1. The molecule has 0 bridgehead atoms. The fourth-order valence-electron chi connectivity index (χ4n) is 2.42. The van der Waals surface area contributed by atoms with E-state index in [1.165, 1.54) is 28.6 Å². The molecule has 0 amide bonds. The Morgan fingerprint density at radius 3 is 2.38 bits per heavy atom. The Labute approximate surface area is 124 Å². The van der Waals surface area contributed by atoms with E-state index in [1.807, 2.05) is 0 Å². The summed E-state index contributed by atoms with van der Waals surface area (Å²) in [7, 11) is -1.80. The Kier molecular flexibility index (Phi) is 4.92. The van der Waals surface area contributed by atoms with Gasteiger partial charge in [-0.1, -0.05) is 12.1 Å². The third kappa shape index (κ3) is 3.99. The van der Waals surface area contributed by atoms with Crippen molar-refractivity contribution < 1.29 is 13.3 Å². The second-order valence-corrected chi connectivity index (χ2v) is 7.21. The van der Waals surface area contributed by atoms with Crippen molar-refractivity contribution in [3.8, 4) is 0 Å². The van der Waals surface area contributed by atoms with Crippen molar-refractivity contribution in [2.45, 2.75) is 24.6 Å². The lowest BCUT2D eigenvalue weighted by Gasteiger charge is -2.30. The van der Waals surface area contributed by atoms with Crippen LogP contribution in [-0.2, 0) is 15.8 Å². The molecule has 1 aliphatic heterocycles.